The van der Waals surface area contributed by atoms with Crippen molar-refractivity contribution in [1.82, 2.24) is 10.1 Å². The summed E-state index contributed by atoms with van der Waals surface area (Å²) >= 11 is 0. The molecule has 0 aromatic carbocycles. The van der Waals surface area contributed by atoms with Crippen LogP contribution in [-0.4, -0.2) is 39.1 Å². The summed E-state index contributed by atoms with van der Waals surface area (Å²) in [6, 6.07) is -0.669. The van der Waals surface area contributed by atoms with Gasteiger partial charge in [-0.1, -0.05) is 5.16 Å². The molecule has 110 valence electrons. The summed E-state index contributed by atoms with van der Waals surface area (Å²) in [7, 11) is 0. The molecule has 0 aliphatic heterocycles. The number of carbonyl (C=O) groups is 2. The maximum atomic E-state index is 12.3. The Hall–Kier alpha value is -1.85. The minimum absolute atomic E-state index is 0.0956. The summed E-state index contributed by atoms with van der Waals surface area (Å²) in [6.07, 6.45) is 2.62. The number of hydrogen-bond donors (Lipinski definition) is 1. The van der Waals surface area contributed by atoms with Gasteiger partial charge in [0.15, 0.2) is 0 Å². The van der Waals surface area contributed by atoms with Crippen LogP contribution in [0.25, 0.3) is 0 Å². The Morgan fingerprint density at radius 2 is 2.10 bits per heavy atom. The lowest BCUT2D eigenvalue weighted by Crippen LogP contribution is -2.44. The molecule has 1 aliphatic carbocycles. The molecule has 0 radical (unpaired) electrons. The zero-order valence-corrected chi connectivity index (χ0v) is 12.0. The Morgan fingerprint density at radius 1 is 1.45 bits per heavy atom. The summed E-state index contributed by atoms with van der Waals surface area (Å²) in [5.74, 6) is -0.343. The van der Waals surface area contributed by atoms with Gasteiger partial charge in [0.05, 0.1) is 5.69 Å². The first-order chi connectivity index (χ1) is 9.41. The van der Waals surface area contributed by atoms with Crippen LogP contribution in [0.3, 0.4) is 0 Å². The molecule has 0 bridgehead atoms. The van der Waals surface area contributed by atoms with E-state index in [1.807, 2.05) is 13.8 Å². The molecule has 1 saturated carbocycles. The van der Waals surface area contributed by atoms with Crippen LogP contribution in [0, 0.1) is 13.8 Å². The second kappa shape index (κ2) is 5.64. The monoisotopic (exact) mass is 280 g/mol. The average molecular weight is 280 g/mol. The van der Waals surface area contributed by atoms with Gasteiger partial charge in [0.2, 0.25) is 5.91 Å². The highest BCUT2D eigenvalue weighted by atomic mass is 16.5. The molecular weight excluding hydrogens is 260 g/mol. The normalized spacial score (nSPS) is 15.9. The number of aliphatic carboxylic acids is 1. The second-order valence-corrected chi connectivity index (χ2v) is 5.35. The van der Waals surface area contributed by atoms with Gasteiger partial charge in [-0.3, -0.25) is 4.79 Å². The summed E-state index contributed by atoms with van der Waals surface area (Å²) in [5.41, 5.74) is 1.73. The summed E-state index contributed by atoms with van der Waals surface area (Å²) in [5, 5.41) is 13.0. The molecule has 1 heterocycles. The quantitative estimate of drug-likeness (QED) is 0.857. The summed E-state index contributed by atoms with van der Waals surface area (Å²) < 4.78 is 5.06. The maximum absolute atomic E-state index is 12.3. The van der Waals surface area contributed by atoms with Crippen LogP contribution < -0.4 is 0 Å². The highest BCUT2D eigenvalue weighted by molar-refractivity contribution is 5.84. The average Bonchev–Trinajstić information content (AvgIpc) is 3.15. The van der Waals surface area contributed by atoms with E-state index in [4.69, 9.17) is 9.63 Å². The fourth-order valence-corrected chi connectivity index (χ4v) is 2.43. The Kier molecular flexibility index (Phi) is 4.11. The van der Waals surface area contributed by atoms with Gasteiger partial charge in [-0.25, -0.2) is 4.79 Å². The number of rotatable bonds is 6. The zero-order valence-electron chi connectivity index (χ0n) is 12.0. The molecule has 0 saturated heterocycles. The van der Waals surface area contributed by atoms with E-state index >= 15 is 0 Å². The van der Waals surface area contributed by atoms with Crippen LogP contribution in [0.2, 0.25) is 0 Å². The van der Waals surface area contributed by atoms with E-state index in [1.54, 1.807) is 6.92 Å². The third kappa shape index (κ3) is 3.00. The molecule has 1 unspecified atom stereocenters. The second-order valence-electron chi connectivity index (χ2n) is 5.35. The lowest BCUT2D eigenvalue weighted by Gasteiger charge is -2.26. The maximum Gasteiger partial charge on any atom is 0.326 e. The van der Waals surface area contributed by atoms with E-state index in [1.165, 1.54) is 4.90 Å². The van der Waals surface area contributed by atoms with Crippen molar-refractivity contribution in [2.45, 2.75) is 58.5 Å². The highest BCUT2D eigenvalue weighted by Gasteiger charge is 2.38. The SMILES string of the molecule is Cc1noc(C)c1CCC(=O)N(C1CC1)C(C)C(=O)O. The van der Waals surface area contributed by atoms with Gasteiger partial charge in [0, 0.05) is 18.0 Å². The number of nitrogens with zero attached hydrogens (tertiary/aromatic N) is 2. The van der Waals surface area contributed by atoms with Crippen molar-refractivity contribution in [2.24, 2.45) is 0 Å². The number of hydrogen-bond acceptors (Lipinski definition) is 4. The predicted octanol–water partition coefficient (Wildman–Crippen LogP) is 1.69. The molecule has 1 aromatic heterocycles. The fraction of sp³-hybridized carbons (Fsp3) is 0.643. The van der Waals surface area contributed by atoms with Crippen LogP contribution >= 0.6 is 0 Å². The van der Waals surface area contributed by atoms with Crippen LogP contribution in [0.1, 0.15) is 43.2 Å². The van der Waals surface area contributed by atoms with Crippen molar-refractivity contribution in [3.8, 4) is 0 Å². The molecule has 0 spiro atoms. The lowest BCUT2D eigenvalue weighted by molar-refractivity contribution is -0.150. The van der Waals surface area contributed by atoms with Gasteiger partial charge in [0.25, 0.3) is 0 Å². The van der Waals surface area contributed by atoms with Crippen molar-refractivity contribution >= 4 is 11.9 Å². The molecule has 2 rings (SSSR count). The number of aromatic nitrogens is 1. The molecule has 1 aliphatic rings. The van der Waals surface area contributed by atoms with E-state index in [-0.39, 0.29) is 18.4 Å². The molecule has 1 N–H and O–H groups in total. The van der Waals surface area contributed by atoms with Crippen molar-refractivity contribution in [2.75, 3.05) is 0 Å². The number of amides is 1. The van der Waals surface area contributed by atoms with Crippen molar-refractivity contribution in [3.05, 3.63) is 17.0 Å². The van der Waals surface area contributed by atoms with E-state index in [9.17, 15) is 9.59 Å². The first-order valence-electron chi connectivity index (χ1n) is 6.87. The van der Waals surface area contributed by atoms with Crippen molar-refractivity contribution in [1.29, 1.82) is 0 Å². The Morgan fingerprint density at radius 3 is 2.55 bits per heavy atom. The van der Waals surface area contributed by atoms with Crippen LogP contribution in [-0.2, 0) is 16.0 Å². The third-order valence-corrected chi connectivity index (χ3v) is 3.77. The first kappa shape index (κ1) is 14.6. The van der Waals surface area contributed by atoms with Crippen molar-refractivity contribution in [3.63, 3.8) is 0 Å². The topological polar surface area (TPSA) is 83.6 Å². The molecule has 1 atom stereocenters. The molecule has 1 amide bonds. The molecule has 1 fully saturated rings. The highest BCUT2D eigenvalue weighted by Crippen LogP contribution is 2.29. The number of aryl methyl sites for hydroxylation is 2. The van der Waals surface area contributed by atoms with E-state index in [0.29, 0.717) is 6.42 Å². The minimum Gasteiger partial charge on any atom is -0.480 e. The van der Waals surface area contributed by atoms with Gasteiger partial charge >= 0.3 is 5.97 Å². The fourth-order valence-electron chi connectivity index (χ4n) is 2.43. The predicted molar refractivity (Wildman–Crippen MR) is 71.3 cm³/mol. The van der Waals surface area contributed by atoms with Crippen molar-refractivity contribution < 1.29 is 19.2 Å². The Bertz CT molecular complexity index is 500. The Labute approximate surface area is 117 Å². The number of carboxylic acids is 1. The summed E-state index contributed by atoms with van der Waals surface area (Å²) in [6.45, 7) is 5.22. The molecule has 1 aromatic rings. The van der Waals surface area contributed by atoms with E-state index in [2.05, 4.69) is 5.16 Å². The zero-order chi connectivity index (χ0) is 14.9. The third-order valence-electron chi connectivity index (χ3n) is 3.77. The standard InChI is InChI=1S/C14H20N2O4/c1-8-12(10(3)20-15-8)6-7-13(17)16(11-4-5-11)9(2)14(18)19/h9,11H,4-7H2,1-3H3,(H,18,19). The van der Waals surface area contributed by atoms with Gasteiger partial charge in [0.1, 0.15) is 11.8 Å². The van der Waals surface area contributed by atoms with Crippen LogP contribution in [0.4, 0.5) is 0 Å². The first-order valence-corrected chi connectivity index (χ1v) is 6.87. The van der Waals surface area contributed by atoms with Crippen LogP contribution in [0.5, 0.6) is 0 Å². The Balaban J connectivity index is 2.01. The van der Waals surface area contributed by atoms with Gasteiger partial charge in [-0.2, -0.15) is 0 Å². The lowest BCUT2D eigenvalue weighted by atomic mass is 10.1. The van der Waals surface area contributed by atoms with Gasteiger partial charge in [-0.15, -0.1) is 0 Å². The minimum atomic E-state index is -0.956. The van der Waals surface area contributed by atoms with E-state index < -0.39 is 12.0 Å². The molecule has 6 nitrogen and oxygen atoms in total. The van der Waals surface area contributed by atoms with Gasteiger partial charge < -0.3 is 14.5 Å². The number of carboxylic acid groups (broad SMARTS) is 1. The molecular formula is C14H20N2O4. The largest absolute Gasteiger partial charge is 0.480 e. The van der Waals surface area contributed by atoms with E-state index in [0.717, 1.165) is 29.9 Å². The molecule has 6 heteroatoms. The van der Waals surface area contributed by atoms with Crippen LogP contribution in [0.15, 0.2) is 4.52 Å². The molecule has 20 heavy (non-hydrogen) atoms. The number of carbonyl (C=O) groups excluding carboxylic acids is 1. The smallest absolute Gasteiger partial charge is 0.326 e. The van der Waals surface area contributed by atoms with Gasteiger partial charge in [-0.05, 0) is 40.0 Å². The summed E-state index contributed by atoms with van der Waals surface area (Å²) in [4.78, 5) is 24.9.